The summed E-state index contributed by atoms with van der Waals surface area (Å²) in [6, 6.07) is 5.59. The van der Waals surface area contributed by atoms with Crippen LogP contribution in [0.3, 0.4) is 0 Å². The summed E-state index contributed by atoms with van der Waals surface area (Å²) < 4.78 is 31.8. The van der Waals surface area contributed by atoms with Crippen LogP contribution in [0.4, 0.5) is 14.5 Å². The van der Waals surface area contributed by atoms with E-state index in [9.17, 15) is 13.6 Å². The van der Waals surface area contributed by atoms with Gasteiger partial charge in [-0.1, -0.05) is 30.5 Å². The van der Waals surface area contributed by atoms with Crippen molar-refractivity contribution >= 4 is 46.1 Å². The molecular formula is C21H16ClF2N5OS. The molecule has 0 aliphatic heterocycles. The fourth-order valence-electron chi connectivity index (χ4n) is 3.01. The molecule has 31 heavy (non-hydrogen) atoms. The van der Waals surface area contributed by atoms with E-state index in [1.54, 1.807) is 24.5 Å². The summed E-state index contributed by atoms with van der Waals surface area (Å²) in [7, 11) is 0. The number of hydrogen-bond acceptors (Lipinski definition) is 6. The average molecular weight is 460 g/mol. The summed E-state index contributed by atoms with van der Waals surface area (Å²) in [4.78, 5) is 21.3. The summed E-state index contributed by atoms with van der Waals surface area (Å²) in [6.45, 7) is 1.95. The third-order valence-corrected chi connectivity index (χ3v) is 5.80. The molecule has 1 aromatic carbocycles. The van der Waals surface area contributed by atoms with Crippen LogP contribution in [0.2, 0.25) is 5.02 Å². The van der Waals surface area contributed by atoms with Crippen LogP contribution < -0.4 is 4.72 Å². The van der Waals surface area contributed by atoms with E-state index < -0.39 is 17.4 Å². The van der Waals surface area contributed by atoms with Crippen molar-refractivity contribution in [2.75, 3.05) is 10.5 Å². The number of carbonyl (C=O) groups excluding carboxylic acids is 1. The van der Waals surface area contributed by atoms with Crippen molar-refractivity contribution in [3.05, 3.63) is 70.8 Å². The molecule has 0 spiro atoms. The van der Waals surface area contributed by atoms with Crippen LogP contribution in [0.1, 0.15) is 29.4 Å². The molecule has 3 aromatic heterocycles. The lowest BCUT2D eigenvalue weighted by Gasteiger charge is -2.10. The number of hydrogen-bond donors (Lipinski definition) is 2. The molecule has 158 valence electrons. The Kier molecular flexibility index (Phi) is 6.15. The summed E-state index contributed by atoms with van der Waals surface area (Å²) in [6.07, 6.45) is 5.49. The largest absolute Gasteiger partial charge is 0.325 e. The monoisotopic (exact) mass is 459 g/mol. The third kappa shape index (κ3) is 4.11. The van der Waals surface area contributed by atoms with Crippen molar-refractivity contribution in [3.8, 4) is 11.1 Å². The molecule has 2 N–H and O–H groups in total. The van der Waals surface area contributed by atoms with Crippen molar-refractivity contribution in [2.24, 2.45) is 0 Å². The average Bonchev–Trinajstić information content (AvgIpc) is 3.19. The Labute approximate surface area is 185 Å². The van der Waals surface area contributed by atoms with Gasteiger partial charge in [-0.15, -0.1) is 0 Å². The molecule has 4 aromatic rings. The number of ketones is 1. The lowest BCUT2D eigenvalue weighted by atomic mass is 10.0. The van der Waals surface area contributed by atoms with E-state index in [1.807, 2.05) is 6.92 Å². The number of H-pyrrole nitrogens is 1. The lowest BCUT2D eigenvalue weighted by Crippen LogP contribution is -2.08. The quantitative estimate of drug-likeness (QED) is 0.211. The first-order chi connectivity index (χ1) is 15.0. The van der Waals surface area contributed by atoms with Gasteiger partial charge in [-0.25, -0.2) is 13.8 Å². The van der Waals surface area contributed by atoms with Crippen LogP contribution in [-0.2, 0) is 0 Å². The summed E-state index contributed by atoms with van der Waals surface area (Å²) in [5, 5.41) is 7.48. The van der Waals surface area contributed by atoms with Crippen LogP contribution in [0.15, 0.2) is 42.9 Å². The van der Waals surface area contributed by atoms with Crippen molar-refractivity contribution < 1.29 is 13.6 Å². The van der Waals surface area contributed by atoms with Gasteiger partial charge in [0.15, 0.2) is 11.5 Å². The molecule has 0 aliphatic rings. The lowest BCUT2D eigenvalue weighted by molar-refractivity contribution is 0.103. The van der Waals surface area contributed by atoms with Crippen LogP contribution >= 0.6 is 23.5 Å². The van der Waals surface area contributed by atoms with Gasteiger partial charge < -0.3 is 4.72 Å². The molecule has 0 atom stereocenters. The molecule has 0 unspecified atom stereocenters. The number of pyridine rings is 2. The number of anilines is 1. The van der Waals surface area contributed by atoms with Crippen molar-refractivity contribution in [1.82, 2.24) is 20.2 Å². The van der Waals surface area contributed by atoms with E-state index in [2.05, 4.69) is 24.9 Å². The molecule has 0 aliphatic carbocycles. The van der Waals surface area contributed by atoms with Gasteiger partial charge in [-0.3, -0.25) is 14.9 Å². The van der Waals surface area contributed by atoms with Crippen molar-refractivity contribution in [2.45, 2.75) is 13.3 Å². The maximum Gasteiger partial charge on any atom is 0.214 e. The molecule has 0 saturated heterocycles. The van der Waals surface area contributed by atoms with Crippen molar-refractivity contribution in [3.63, 3.8) is 0 Å². The Hall–Kier alpha value is -3.04. The minimum absolute atomic E-state index is 0.0483. The summed E-state index contributed by atoms with van der Waals surface area (Å²) in [5.74, 6) is -1.74. The van der Waals surface area contributed by atoms with E-state index in [-0.39, 0.29) is 22.6 Å². The van der Waals surface area contributed by atoms with Crippen LogP contribution in [0, 0.1) is 11.6 Å². The molecule has 0 amide bonds. The maximum atomic E-state index is 15.0. The topological polar surface area (TPSA) is 83.6 Å². The maximum absolute atomic E-state index is 15.0. The first-order valence-corrected chi connectivity index (χ1v) is 10.7. The van der Waals surface area contributed by atoms with Crippen LogP contribution in [0.25, 0.3) is 22.2 Å². The van der Waals surface area contributed by atoms with Gasteiger partial charge >= 0.3 is 0 Å². The molecule has 10 heteroatoms. The van der Waals surface area contributed by atoms with Gasteiger partial charge in [0.1, 0.15) is 17.2 Å². The molecule has 4 rings (SSSR count). The van der Waals surface area contributed by atoms with Crippen molar-refractivity contribution in [1.29, 1.82) is 0 Å². The van der Waals surface area contributed by atoms with Gasteiger partial charge in [0.05, 0.1) is 16.0 Å². The number of fused-ring (bicyclic) bond motifs is 1. The molecule has 0 saturated carbocycles. The number of benzene rings is 1. The predicted octanol–water partition coefficient (Wildman–Crippen LogP) is 5.65. The second-order valence-electron chi connectivity index (χ2n) is 6.61. The SMILES string of the molecule is CCCSNc1c(F)ccc(C(=O)c2[nH]nc3ncc(-c4ccncc4Cl)cc23)c1F. The van der Waals surface area contributed by atoms with Gasteiger partial charge in [0.2, 0.25) is 5.78 Å². The second-order valence-corrected chi connectivity index (χ2v) is 7.92. The molecule has 3 heterocycles. The zero-order chi connectivity index (χ0) is 22.0. The number of halogens is 3. The van der Waals surface area contributed by atoms with Gasteiger partial charge in [0.25, 0.3) is 0 Å². The number of nitrogens with one attached hydrogen (secondary N) is 2. The van der Waals surface area contributed by atoms with E-state index in [4.69, 9.17) is 11.6 Å². The van der Waals surface area contributed by atoms with E-state index in [1.165, 1.54) is 18.1 Å². The highest BCUT2D eigenvalue weighted by molar-refractivity contribution is 8.00. The van der Waals surface area contributed by atoms with E-state index in [0.29, 0.717) is 27.3 Å². The Bertz CT molecular complexity index is 1280. The minimum atomic E-state index is -0.961. The highest BCUT2D eigenvalue weighted by atomic mass is 35.5. The first kappa shape index (κ1) is 21.2. The Balaban J connectivity index is 1.76. The number of nitrogens with zero attached hydrogens (tertiary/aromatic N) is 3. The molecule has 6 nitrogen and oxygen atoms in total. The molecule has 0 bridgehead atoms. The summed E-state index contributed by atoms with van der Waals surface area (Å²) in [5.41, 5.74) is 1.03. The zero-order valence-electron chi connectivity index (χ0n) is 16.2. The Morgan fingerprint density at radius 3 is 2.87 bits per heavy atom. The standard InChI is InChI=1S/C21H16ClF2N5OS/c1-2-7-31-29-19-16(23)4-3-13(17(19)24)20(30)18-14-8-11(9-26-21(14)28-27-18)12-5-6-25-10-15(12)22/h3-6,8-10,29H,2,7H2,1H3,(H,26,27,28). The zero-order valence-corrected chi connectivity index (χ0v) is 17.8. The Morgan fingerprint density at radius 2 is 2.10 bits per heavy atom. The number of aromatic nitrogens is 4. The number of carbonyl (C=O) groups is 1. The molecular weight excluding hydrogens is 444 g/mol. The second kappa shape index (κ2) is 8.99. The summed E-state index contributed by atoms with van der Waals surface area (Å²) >= 11 is 7.38. The highest BCUT2D eigenvalue weighted by Gasteiger charge is 2.23. The molecule has 0 fully saturated rings. The van der Waals surface area contributed by atoms with Gasteiger partial charge in [-0.05, 0) is 30.7 Å². The van der Waals surface area contributed by atoms with Crippen LogP contribution in [0.5, 0.6) is 0 Å². The predicted molar refractivity (Wildman–Crippen MR) is 118 cm³/mol. The fraction of sp³-hybridized carbons (Fsp3) is 0.143. The van der Waals surface area contributed by atoms with Crippen LogP contribution in [-0.4, -0.2) is 31.7 Å². The highest BCUT2D eigenvalue weighted by Crippen LogP contribution is 2.31. The Morgan fingerprint density at radius 1 is 1.26 bits per heavy atom. The van der Waals surface area contributed by atoms with E-state index >= 15 is 0 Å². The first-order valence-electron chi connectivity index (χ1n) is 9.35. The number of rotatable bonds is 7. The smallest absolute Gasteiger partial charge is 0.214 e. The third-order valence-electron chi connectivity index (χ3n) is 4.54. The normalized spacial score (nSPS) is 11.1. The van der Waals surface area contributed by atoms with E-state index in [0.717, 1.165) is 18.6 Å². The van der Waals surface area contributed by atoms with Gasteiger partial charge in [0, 0.05) is 35.5 Å². The number of aromatic amines is 1. The fourth-order valence-corrected chi connectivity index (χ4v) is 3.88. The van der Waals surface area contributed by atoms with Gasteiger partial charge in [-0.2, -0.15) is 5.10 Å². The minimum Gasteiger partial charge on any atom is -0.325 e. The molecule has 0 radical (unpaired) electrons.